The molecule has 1 N–H and O–H groups in total. The number of rotatable bonds is 5. The van der Waals surface area contributed by atoms with E-state index in [9.17, 15) is 13.2 Å². The maximum atomic E-state index is 12.0. The van der Waals surface area contributed by atoms with Gasteiger partial charge in [0.1, 0.15) is 0 Å². The van der Waals surface area contributed by atoms with Crippen molar-refractivity contribution >= 4 is 15.9 Å². The van der Waals surface area contributed by atoms with Crippen LogP contribution in [0.15, 0.2) is 24.3 Å². The lowest BCUT2D eigenvalue weighted by Crippen LogP contribution is -2.35. The van der Waals surface area contributed by atoms with Crippen molar-refractivity contribution in [1.29, 1.82) is 5.26 Å². The number of hydrogen-bond acceptors (Lipinski definition) is 4. The van der Waals surface area contributed by atoms with Gasteiger partial charge in [-0.15, -0.1) is 0 Å². The van der Waals surface area contributed by atoms with Gasteiger partial charge in [0, 0.05) is 25.7 Å². The van der Waals surface area contributed by atoms with Crippen LogP contribution in [-0.4, -0.2) is 45.6 Å². The van der Waals surface area contributed by atoms with Crippen molar-refractivity contribution in [3.05, 3.63) is 35.4 Å². The van der Waals surface area contributed by atoms with Gasteiger partial charge >= 0.3 is 0 Å². The number of carbonyl (C=O) groups excluding carboxylic acids is 1. The molecular weight excluding hydrogens is 266 g/mol. The van der Waals surface area contributed by atoms with Crippen LogP contribution in [0.5, 0.6) is 0 Å². The Morgan fingerprint density at radius 3 is 2.42 bits per heavy atom. The van der Waals surface area contributed by atoms with Gasteiger partial charge in [0.25, 0.3) is 5.91 Å². The van der Waals surface area contributed by atoms with Crippen molar-refractivity contribution in [2.45, 2.75) is 0 Å². The van der Waals surface area contributed by atoms with Crippen LogP contribution in [0.4, 0.5) is 0 Å². The molecule has 0 atom stereocenters. The molecule has 102 valence electrons. The number of likely N-dealkylation sites (N-methyl/N-ethyl adjacent to an activating group) is 1. The zero-order valence-corrected chi connectivity index (χ0v) is 11.6. The van der Waals surface area contributed by atoms with Gasteiger partial charge in [-0.05, 0) is 24.3 Å². The summed E-state index contributed by atoms with van der Waals surface area (Å²) in [6.07, 6.45) is 1.06. The number of carbonyl (C=O) groups is 1. The van der Waals surface area contributed by atoms with Crippen LogP contribution in [0.3, 0.4) is 0 Å². The highest BCUT2D eigenvalue weighted by Crippen LogP contribution is 2.06. The van der Waals surface area contributed by atoms with Crippen molar-refractivity contribution in [2.24, 2.45) is 0 Å². The number of nitriles is 1. The fourth-order valence-electron chi connectivity index (χ4n) is 1.41. The molecule has 0 aliphatic rings. The minimum Gasteiger partial charge on any atom is -0.340 e. The van der Waals surface area contributed by atoms with Gasteiger partial charge in [-0.1, -0.05) is 0 Å². The molecule has 0 aliphatic carbocycles. The molecule has 0 saturated heterocycles. The minimum absolute atomic E-state index is 0.164. The second-order valence-electron chi connectivity index (χ2n) is 4.08. The Labute approximate surface area is 112 Å². The van der Waals surface area contributed by atoms with E-state index in [1.165, 1.54) is 4.90 Å². The highest BCUT2D eigenvalue weighted by Gasteiger charge is 2.11. The lowest BCUT2D eigenvalue weighted by atomic mass is 10.1. The average Bonchev–Trinajstić information content (AvgIpc) is 2.36. The van der Waals surface area contributed by atoms with Gasteiger partial charge in [0.2, 0.25) is 10.0 Å². The van der Waals surface area contributed by atoms with Crippen molar-refractivity contribution in [3.8, 4) is 6.07 Å². The van der Waals surface area contributed by atoms with Crippen molar-refractivity contribution in [3.63, 3.8) is 0 Å². The number of benzene rings is 1. The van der Waals surface area contributed by atoms with Gasteiger partial charge in [-0.3, -0.25) is 4.79 Å². The van der Waals surface area contributed by atoms with E-state index in [0.29, 0.717) is 11.1 Å². The highest BCUT2D eigenvalue weighted by atomic mass is 32.2. The van der Waals surface area contributed by atoms with Gasteiger partial charge in [0.05, 0.1) is 17.9 Å². The van der Waals surface area contributed by atoms with Crippen molar-refractivity contribution in [1.82, 2.24) is 9.62 Å². The molecule has 19 heavy (non-hydrogen) atoms. The second kappa shape index (κ2) is 6.31. The Hall–Kier alpha value is -1.91. The van der Waals surface area contributed by atoms with E-state index < -0.39 is 10.0 Å². The Balaban J connectivity index is 2.59. The summed E-state index contributed by atoms with van der Waals surface area (Å²) in [6.45, 7) is 0.434. The van der Waals surface area contributed by atoms with Crippen LogP contribution < -0.4 is 4.72 Å². The Kier molecular flexibility index (Phi) is 5.03. The van der Waals surface area contributed by atoms with Crippen LogP contribution >= 0.6 is 0 Å². The van der Waals surface area contributed by atoms with Gasteiger partial charge in [0.15, 0.2) is 0 Å². The maximum absolute atomic E-state index is 12.0. The Morgan fingerprint density at radius 2 is 1.95 bits per heavy atom. The average molecular weight is 281 g/mol. The molecule has 0 radical (unpaired) electrons. The zero-order chi connectivity index (χ0) is 14.5. The summed E-state index contributed by atoms with van der Waals surface area (Å²) >= 11 is 0. The summed E-state index contributed by atoms with van der Waals surface area (Å²) in [6, 6.07) is 8.24. The molecule has 6 nitrogen and oxygen atoms in total. The Morgan fingerprint density at radius 1 is 1.37 bits per heavy atom. The molecule has 0 saturated carbocycles. The summed E-state index contributed by atoms with van der Waals surface area (Å²) in [5, 5.41) is 8.66. The molecule has 1 aromatic carbocycles. The van der Waals surface area contributed by atoms with E-state index in [4.69, 9.17) is 5.26 Å². The van der Waals surface area contributed by atoms with Crippen LogP contribution in [0.2, 0.25) is 0 Å². The molecule has 0 heterocycles. The van der Waals surface area contributed by atoms with Gasteiger partial charge in [-0.2, -0.15) is 5.26 Å². The Bertz CT molecular complexity index is 588. The van der Waals surface area contributed by atoms with Gasteiger partial charge < -0.3 is 4.90 Å². The monoisotopic (exact) mass is 281 g/mol. The lowest BCUT2D eigenvalue weighted by Gasteiger charge is -2.17. The number of hydrogen-bond donors (Lipinski definition) is 1. The molecule has 0 bridgehead atoms. The number of nitrogens with one attached hydrogen (secondary N) is 1. The van der Waals surface area contributed by atoms with Crippen LogP contribution in [0, 0.1) is 11.3 Å². The predicted octanol–water partition coefficient (Wildman–Crippen LogP) is 0.179. The van der Waals surface area contributed by atoms with Crippen LogP contribution in [0.25, 0.3) is 0 Å². The second-order valence-corrected chi connectivity index (χ2v) is 5.92. The maximum Gasteiger partial charge on any atom is 0.253 e. The quantitative estimate of drug-likeness (QED) is 0.833. The fourth-order valence-corrected chi connectivity index (χ4v) is 1.87. The zero-order valence-electron chi connectivity index (χ0n) is 10.8. The standard InChI is InChI=1S/C12H15N3O3S/c1-15(8-7-14-19(2,17)18)12(16)11-5-3-10(9-13)4-6-11/h3-6,14H,7-8H2,1-2H3. The molecule has 0 aliphatic heterocycles. The van der Waals surface area contributed by atoms with E-state index in [2.05, 4.69) is 4.72 Å². The van der Waals surface area contributed by atoms with E-state index >= 15 is 0 Å². The van der Waals surface area contributed by atoms with Crippen molar-refractivity contribution < 1.29 is 13.2 Å². The third-order valence-electron chi connectivity index (χ3n) is 2.42. The summed E-state index contributed by atoms with van der Waals surface area (Å²) in [7, 11) is -1.66. The molecule has 1 aromatic rings. The first-order chi connectivity index (χ1) is 8.83. The molecular formula is C12H15N3O3S. The van der Waals surface area contributed by atoms with E-state index in [1.807, 2.05) is 6.07 Å². The van der Waals surface area contributed by atoms with E-state index in [0.717, 1.165) is 6.26 Å². The van der Waals surface area contributed by atoms with Crippen molar-refractivity contribution in [2.75, 3.05) is 26.4 Å². The lowest BCUT2D eigenvalue weighted by molar-refractivity contribution is 0.0797. The predicted molar refractivity (Wildman–Crippen MR) is 71.0 cm³/mol. The van der Waals surface area contributed by atoms with Gasteiger partial charge in [-0.25, -0.2) is 13.1 Å². The third kappa shape index (κ3) is 5.07. The summed E-state index contributed by atoms with van der Waals surface area (Å²) < 4.78 is 24.1. The number of sulfonamides is 1. The molecule has 1 rings (SSSR count). The summed E-state index contributed by atoms with van der Waals surface area (Å²) in [4.78, 5) is 13.4. The first-order valence-electron chi connectivity index (χ1n) is 5.54. The molecule has 0 fully saturated rings. The molecule has 0 unspecified atom stereocenters. The number of nitrogens with zero attached hydrogens (tertiary/aromatic N) is 2. The van der Waals surface area contributed by atoms with E-state index in [1.54, 1.807) is 31.3 Å². The number of amides is 1. The first-order valence-corrected chi connectivity index (χ1v) is 7.43. The first kappa shape index (κ1) is 15.1. The summed E-state index contributed by atoms with van der Waals surface area (Å²) in [5.74, 6) is -0.222. The van der Waals surface area contributed by atoms with E-state index in [-0.39, 0.29) is 19.0 Å². The minimum atomic E-state index is -3.24. The fraction of sp³-hybridized carbons (Fsp3) is 0.333. The summed E-state index contributed by atoms with van der Waals surface area (Å²) in [5.41, 5.74) is 0.943. The third-order valence-corrected chi connectivity index (χ3v) is 3.15. The SMILES string of the molecule is CN(CCNS(C)(=O)=O)C(=O)c1ccc(C#N)cc1. The molecule has 7 heteroatoms. The highest BCUT2D eigenvalue weighted by molar-refractivity contribution is 7.88. The van der Waals surface area contributed by atoms with Crippen LogP contribution in [0.1, 0.15) is 15.9 Å². The molecule has 0 aromatic heterocycles. The smallest absolute Gasteiger partial charge is 0.253 e. The molecule has 1 amide bonds. The topological polar surface area (TPSA) is 90.3 Å². The molecule has 0 spiro atoms. The largest absolute Gasteiger partial charge is 0.340 e. The van der Waals surface area contributed by atoms with Crippen LogP contribution in [-0.2, 0) is 10.0 Å². The normalized spacial score (nSPS) is 10.8.